The van der Waals surface area contributed by atoms with E-state index >= 15 is 0 Å². The van der Waals surface area contributed by atoms with E-state index < -0.39 is 12.1 Å². The van der Waals surface area contributed by atoms with Crippen LogP contribution in [0.15, 0.2) is 0 Å². The van der Waals surface area contributed by atoms with Crippen LogP contribution in [0.5, 0.6) is 0 Å². The quantitative estimate of drug-likeness (QED) is 0.656. The van der Waals surface area contributed by atoms with Gasteiger partial charge < -0.3 is 14.7 Å². The second-order valence-electron chi connectivity index (χ2n) is 3.03. The van der Waals surface area contributed by atoms with E-state index in [4.69, 9.17) is 9.84 Å². The van der Waals surface area contributed by atoms with Crippen LogP contribution in [0, 0.1) is 0 Å². The van der Waals surface area contributed by atoms with Crippen LogP contribution in [-0.4, -0.2) is 47.7 Å². The van der Waals surface area contributed by atoms with E-state index in [-0.39, 0.29) is 12.5 Å². The van der Waals surface area contributed by atoms with Gasteiger partial charge in [0.15, 0.2) is 6.10 Å². The number of ether oxygens (including phenoxy) is 1. The van der Waals surface area contributed by atoms with Crippen molar-refractivity contribution < 1.29 is 19.4 Å². The molecule has 1 amide bonds. The number of amides is 1. The Bertz CT molecular complexity index is 212. The number of carboxylic acids is 1. The molecular formula is C8H13NO4. The maximum atomic E-state index is 11.2. The lowest BCUT2D eigenvalue weighted by molar-refractivity contribution is -0.153. The molecule has 1 heterocycles. The summed E-state index contributed by atoms with van der Waals surface area (Å²) in [5.41, 5.74) is 0. The third-order valence-electron chi connectivity index (χ3n) is 2.01. The van der Waals surface area contributed by atoms with Crippen molar-refractivity contribution in [2.75, 3.05) is 19.7 Å². The van der Waals surface area contributed by atoms with Crippen LogP contribution in [0.4, 0.5) is 0 Å². The summed E-state index contributed by atoms with van der Waals surface area (Å²) in [5.74, 6) is -1.17. The lowest BCUT2D eigenvalue weighted by atomic mass is 10.2. The highest BCUT2D eigenvalue weighted by Crippen LogP contribution is 2.06. The highest BCUT2D eigenvalue weighted by Gasteiger charge is 2.21. The minimum atomic E-state index is -1.04. The van der Waals surface area contributed by atoms with E-state index in [0.717, 1.165) is 19.5 Å². The number of likely N-dealkylation sites (tertiary alicyclic amines) is 1. The number of rotatable bonds is 4. The van der Waals surface area contributed by atoms with E-state index in [2.05, 4.69) is 0 Å². The first-order valence-electron chi connectivity index (χ1n) is 4.23. The zero-order valence-electron chi connectivity index (χ0n) is 7.52. The molecule has 1 aliphatic rings. The summed E-state index contributed by atoms with van der Waals surface area (Å²) < 4.78 is 4.83. The van der Waals surface area contributed by atoms with E-state index in [1.165, 1.54) is 6.92 Å². The smallest absolute Gasteiger partial charge is 0.332 e. The Hall–Kier alpha value is -1.10. The van der Waals surface area contributed by atoms with Gasteiger partial charge in [-0.1, -0.05) is 0 Å². The second-order valence-corrected chi connectivity index (χ2v) is 3.03. The second kappa shape index (κ2) is 4.23. The van der Waals surface area contributed by atoms with E-state index in [1.807, 2.05) is 0 Å². The fourth-order valence-corrected chi connectivity index (χ4v) is 0.924. The minimum Gasteiger partial charge on any atom is -0.479 e. The summed E-state index contributed by atoms with van der Waals surface area (Å²) in [6.07, 6.45) is 0.116. The summed E-state index contributed by atoms with van der Waals surface area (Å²) >= 11 is 0. The van der Waals surface area contributed by atoms with E-state index in [1.54, 1.807) is 4.90 Å². The normalized spacial score (nSPS) is 17.8. The van der Waals surface area contributed by atoms with Crippen molar-refractivity contribution in [3.63, 3.8) is 0 Å². The molecule has 1 saturated heterocycles. The Morgan fingerprint density at radius 3 is 2.54 bits per heavy atom. The van der Waals surface area contributed by atoms with Gasteiger partial charge in [-0.3, -0.25) is 4.79 Å². The lowest BCUT2D eigenvalue weighted by Crippen LogP contribution is -2.44. The molecule has 1 N–H and O–H groups in total. The Labute approximate surface area is 76.3 Å². The predicted molar refractivity (Wildman–Crippen MR) is 44.2 cm³/mol. The molecule has 13 heavy (non-hydrogen) atoms. The average Bonchev–Trinajstić information content (AvgIpc) is 1.96. The van der Waals surface area contributed by atoms with Gasteiger partial charge in [-0.25, -0.2) is 4.79 Å². The Morgan fingerprint density at radius 1 is 1.54 bits per heavy atom. The third-order valence-corrected chi connectivity index (χ3v) is 2.01. The van der Waals surface area contributed by atoms with Crippen LogP contribution in [0.2, 0.25) is 0 Å². The fraction of sp³-hybridized carbons (Fsp3) is 0.750. The van der Waals surface area contributed by atoms with Crippen LogP contribution >= 0.6 is 0 Å². The van der Waals surface area contributed by atoms with Gasteiger partial charge in [0.2, 0.25) is 5.91 Å². The Morgan fingerprint density at radius 2 is 2.15 bits per heavy atom. The van der Waals surface area contributed by atoms with Gasteiger partial charge in [0, 0.05) is 13.1 Å². The SMILES string of the molecule is C[C@@H](OCC(=O)N1CCC1)C(=O)O. The van der Waals surface area contributed by atoms with Gasteiger partial charge in [0.05, 0.1) is 0 Å². The first-order valence-corrected chi connectivity index (χ1v) is 4.23. The fourth-order valence-electron chi connectivity index (χ4n) is 0.924. The van der Waals surface area contributed by atoms with Crippen LogP contribution in [-0.2, 0) is 14.3 Å². The highest BCUT2D eigenvalue weighted by atomic mass is 16.5. The van der Waals surface area contributed by atoms with Gasteiger partial charge in [-0.15, -0.1) is 0 Å². The molecule has 1 fully saturated rings. The van der Waals surface area contributed by atoms with Gasteiger partial charge in [-0.2, -0.15) is 0 Å². The molecule has 1 atom stereocenters. The molecule has 0 saturated carbocycles. The summed E-state index contributed by atoms with van der Waals surface area (Å²) in [6, 6.07) is 0. The molecule has 5 nitrogen and oxygen atoms in total. The van der Waals surface area contributed by atoms with Crippen LogP contribution in [0.3, 0.4) is 0 Å². The number of hydrogen-bond acceptors (Lipinski definition) is 3. The monoisotopic (exact) mass is 187 g/mol. The predicted octanol–water partition coefficient (Wildman–Crippen LogP) is -0.292. The summed E-state index contributed by atoms with van der Waals surface area (Å²) in [7, 11) is 0. The average molecular weight is 187 g/mol. The molecule has 74 valence electrons. The largest absolute Gasteiger partial charge is 0.479 e. The zero-order valence-corrected chi connectivity index (χ0v) is 7.52. The topological polar surface area (TPSA) is 66.8 Å². The molecule has 0 radical (unpaired) electrons. The van der Waals surface area contributed by atoms with Crippen molar-refractivity contribution in [2.45, 2.75) is 19.4 Å². The van der Waals surface area contributed by atoms with Crippen molar-refractivity contribution in [2.24, 2.45) is 0 Å². The molecular weight excluding hydrogens is 174 g/mol. The first-order chi connectivity index (χ1) is 6.11. The molecule has 5 heteroatoms. The van der Waals surface area contributed by atoms with Crippen LogP contribution in [0.1, 0.15) is 13.3 Å². The maximum absolute atomic E-state index is 11.2. The number of carbonyl (C=O) groups is 2. The summed E-state index contributed by atoms with van der Waals surface area (Å²) in [4.78, 5) is 23.1. The number of nitrogens with zero attached hydrogens (tertiary/aromatic N) is 1. The van der Waals surface area contributed by atoms with Crippen LogP contribution < -0.4 is 0 Å². The number of aliphatic carboxylic acids is 1. The third kappa shape index (κ3) is 2.69. The summed E-state index contributed by atoms with van der Waals surface area (Å²) in [6.45, 7) is 2.81. The molecule has 0 aromatic heterocycles. The number of hydrogen-bond donors (Lipinski definition) is 1. The molecule has 0 aromatic rings. The molecule has 0 bridgehead atoms. The standard InChI is InChI=1S/C8H13NO4/c1-6(8(11)12)13-5-7(10)9-3-2-4-9/h6H,2-5H2,1H3,(H,11,12)/t6-/m1/s1. The minimum absolute atomic E-state index is 0.126. The zero-order chi connectivity index (χ0) is 9.84. The Kier molecular flexibility index (Phi) is 3.25. The Balaban J connectivity index is 2.17. The number of carbonyl (C=O) groups excluding carboxylic acids is 1. The molecule has 1 aliphatic heterocycles. The van der Waals surface area contributed by atoms with Crippen molar-refractivity contribution in [1.29, 1.82) is 0 Å². The van der Waals surface area contributed by atoms with E-state index in [0.29, 0.717) is 0 Å². The molecule has 0 aliphatic carbocycles. The highest BCUT2D eigenvalue weighted by molar-refractivity contribution is 5.79. The lowest BCUT2D eigenvalue weighted by Gasteiger charge is -2.30. The van der Waals surface area contributed by atoms with Crippen molar-refractivity contribution in [3.05, 3.63) is 0 Å². The van der Waals surface area contributed by atoms with Crippen molar-refractivity contribution >= 4 is 11.9 Å². The van der Waals surface area contributed by atoms with Crippen molar-refractivity contribution in [1.82, 2.24) is 4.90 Å². The van der Waals surface area contributed by atoms with Gasteiger partial charge in [0.1, 0.15) is 6.61 Å². The van der Waals surface area contributed by atoms with Crippen LogP contribution in [0.25, 0.3) is 0 Å². The number of carboxylic acid groups (broad SMARTS) is 1. The van der Waals surface area contributed by atoms with Crippen molar-refractivity contribution in [3.8, 4) is 0 Å². The molecule has 0 spiro atoms. The van der Waals surface area contributed by atoms with E-state index in [9.17, 15) is 9.59 Å². The first kappa shape index (κ1) is 9.98. The molecule has 0 aromatic carbocycles. The van der Waals surface area contributed by atoms with Gasteiger partial charge >= 0.3 is 5.97 Å². The summed E-state index contributed by atoms with van der Waals surface area (Å²) in [5, 5.41) is 8.45. The maximum Gasteiger partial charge on any atom is 0.332 e. The molecule has 0 unspecified atom stereocenters. The van der Waals surface area contributed by atoms with Gasteiger partial charge in [0.25, 0.3) is 0 Å². The molecule has 1 rings (SSSR count). The van der Waals surface area contributed by atoms with Gasteiger partial charge in [-0.05, 0) is 13.3 Å².